The molecule has 0 atom stereocenters. The molecule has 0 aliphatic rings. The number of nitrogens with zero attached hydrogens (tertiary/aromatic N) is 2. The molecule has 1 aromatic heterocycles. The van der Waals surface area contributed by atoms with E-state index in [2.05, 4.69) is 10.1 Å². The van der Waals surface area contributed by atoms with E-state index in [1.807, 2.05) is 6.92 Å². The van der Waals surface area contributed by atoms with Crippen LogP contribution in [0.15, 0.2) is 53.1 Å². The molecule has 0 saturated carbocycles. The number of benzene rings is 2. The van der Waals surface area contributed by atoms with Gasteiger partial charge in [0.25, 0.3) is 5.89 Å². The molecule has 0 spiro atoms. The van der Waals surface area contributed by atoms with Crippen LogP contribution in [0, 0.1) is 5.82 Å². The lowest BCUT2D eigenvalue weighted by atomic mass is 10.0. The molecule has 0 bridgehead atoms. The van der Waals surface area contributed by atoms with Crippen LogP contribution < -0.4 is 4.74 Å². The van der Waals surface area contributed by atoms with E-state index < -0.39 is 0 Å². The minimum absolute atomic E-state index is 0.165. The third-order valence-corrected chi connectivity index (χ3v) is 3.41. The van der Waals surface area contributed by atoms with Crippen molar-refractivity contribution >= 4 is 5.78 Å². The highest BCUT2D eigenvalue weighted by atomic mass is 19.1. The van der Waals surface area contributed by atoms with Gasteiger partial charge in [0.2, 0.25) is 0 Å². The number of hydrogen-bond donors (Lipinski definition) is 0. The molecule has 1 heterocycles. The van der Waals surface area contributed by atoms with Crippen LogP contribution in [-0.4, -0.2) is 15.9 Å². The van der Waals surface area contributed by atoms with E-state index >= 15 is 0 Å². The number of ether oxygens (including phenoxy) is 1. The molecular weight excluding hydrogens is 311 g/mol. The zero-order valence-electron chi connectivity index (χ0n) is 13.0. The van der Waals surface area contributed by atoms with E-state index in [1.165, 1.54) is 24.3 Å². The minimum Gasteiger partial charge on any atom is -0.484 e. The van der Waals surface area contributed by atoms with E-state index in [-0.39, 0.29) is 18.2 Å². The Balaban J connectivity index is 1.64. The zero-order valence-corrected chi connectivity index (χ0v) is 13.0. The lowest BCUT2D eigenvalue weighted by Crippen LogP contribution is -2.01. The summed E-state index contributed by atoms with van der Waals surface area (Å²) in [5, 5.41) is 3.79. The first-order valence-electron chi connectivity index (χ1n) is 7.50. The van der Waals surface area contributed by atoms with Gasteiger partial charge >= 0.3 is 0 Å². The first-order valence-corrected chi connectivity index (χ1v) is 7.50. The summed E-state index contributed by atoms with van der Waals surface area (Å²) in [6.45, 7) is 2.10. The molecule has 0 fully saturated rings. The first-order chi connectivity index (χ1) is 11.7. The van der Waals surface area contributed by atoms with Crippen molar-refractivity contribution in [2.45, 2.75) is 20.0 Å². The molecule has 5 nitrogen and oxygen atoms in total. The fourth-order valence-electron chi connectivity index (χ4n) is 2.11. The molecule has 24 heavy (non-hydrogen) atoms. The second-order valence-corrected chi connectivity index (χ2v) is 5.11. The van der Waals surface area contributed by atoms with Gasteiger partial charge in [0.05, 0.1) is 0 Å². The Kier molecular flexibility index (Phi) is 4.65. The molecule has 0 amide bonds. The van der Waals surface area contributed by atoms with Gasteiger partial charge in [-0.15, -0.1) is 0 Å². The van der Waals surface area contributed by atoms with Gasteiger partial charge in [-0.2, -0.15) is 4.98 Å². The van der Waals surface area contributed by atoms with Crippen LogP contribution in [0.2, 0.25) is 0 Å². The molecule has 0 radical (unpaired) electrons. The van der Waals surface area contributed by atoms with Crippen molar-refractivity contribution in [3.05, 3.63) is 77.2 Å². The van der Waals surface area contributed by atoms with E-state index in [0.717, 1.165) is 0 Å². The monoisotopic (exact) mass is 326 g/mol. The number of rotatable bonds is 6. The molecule has 0 unspecified atom stereocenters. The maximum Gasteiger partial charge on any atom is 0.264 e. The lowest BCUT2D eigenvalue weighted by molar-refractivity contribution is 0.103. The summed E-state index contributed by atoms with van der Waals surface area (Å²) in [6, 6.07) is 12.1. The quantitative estimate of drug-likeness (QED) is 0.648. The van der Waals surface area contributed by atoms with Crippen molar-refractivity contribution in [3.63, 3.8) is 0 Å². The molecule has 3 rings (SSSR count). The predicted molar refractivity (Wildman–Crippen MR) is 84.3 cm³/mol. The fraction of sp³-hybridized carbons (Fsp3) is 0.167. The molecule has 0 saturated heterocycles. The standard InChI is InChI=1S/C18H15FN2O3/c1-2-16-20-17(24-21-16)11-23-15-9-5-13(6-10-15)18(22)12-3-7-14(19)8-4-12/h3-10H,2,11H2,1H3. The second-order valence-electron chi connectivity index (χ2n) is 5.11. The first kappa shape index (κ1) is 15.9. The van der Waals surface area contributed by atoms with Gasteiger partial charge in [-0.05, 0) is 48.5 Å². The van der Waals surface area contributed by atoms with Crippen molar-refractivity contribution in [1.82, 2.24) is 10.1 Å². The fourth-order valence-corrected chi connectivity index (χ4v) is 2.11. The highest BCUT2D eigenvalue weighted by Gasteiger charge is 2.10. The number of aryl methyl sites for hydroxylation is 1. The third-order valence-electron chi connectivity index (χ3n) is 3.41. The highest BCUT2D eigenvalue weighted by Crippen LogP contribution is 2.17. The van der Waals surface area contributed by atoms with Crippen LogP contribution in [0.4, 0.5) is 4.39 Å². The van der Waals surface area contributed by atoms with Gasteiger partial charge in [0, 0.05) is 17.5 Å². The summed E-state index contributed by atoms with van der Waals surface area (Å²) < 4.78 is 23.5. The van der Waals surface area contributed by atoms with E-state index in [9.17, 15) is 9.18 Å². The Bertz CT molecular complexity index is 826. The number of halogens is 1. The van der Waals surface area contributed by atoms with Crippen LogP contribution in [-0.2, 0) is 13.0 Å². The van der Waals surface area contributed by atoms with Gasteiger partial charge < -0.3 is 9.26 Å². The number of ketones is 1. The van der Waals surface area contributed by atoms with Gasteiger partial charge in [0.15, 0.2) is 18.2 Å². The van der Waals surface area contributed by atoms with Crippen molar-refractivity contribution in [2.24, 2.45) is 0 Å². The molecule has 0 aliphatic carbocycles. The maximum absolute atomic E-state index is 12.9. The maximum atomic E-state index is 12.9. The molecule has 122 valence electrons. The topological polar surface area (TPSA) is 65.2 Å². The third kappa shape index (κ3) is 3.65. The Hall–Kier alpha value is -3.02. The van der Waals surface area contributed by atoms with E-state index in [0.29, 0.717) is 35.0 Å². The number of carbonyl (C=O) groups is 1. The van der Waals surface area contributed by atoms with Crippen LogP contribution in [0.1, 0.15) is 34.6 Å². The molecule has 6 heteroatoms. The number of carbonyl (C=O) groups excluding carboxylic acids is 1. The van der Waals surface area contributed by atoms with Crippen LogP contribution in [0.3, 0.4) is 0 Å². The summed E-state index contributed by atoms with van der Waals surface area (Å²) in [4.78, 5) is 16.4. The largest absolute Gasteiger partial charge is 0.484 e. The predicted octanol–water partition coefficient (Wildman–Crippen LogP) is 3.58. The highest BCUT2D eigenvalue weighted by molar-refractivity contribution is 6.08. The summed E-state index contributed by atoms with van der Waals surface area (Å²) in [5.41, 5.74) is 0.933. The van der Waals surface area contributed by atoms with Crippen LogP contribution in [0.5, 0.6) is 5.75 Å². The molecule has 0 N–H and O–H groups in total. The van der Waals surface area contributed by atoms with Crippen molar-refractivity contribution in [3.8, 4) is 5.75 Å². The van der Waals surface area contributed by atoms with Crippen LogP contribution in [0.25, 0.3) is 0 Å². The van der Waals surface area contributed by atoms with E-state index in [1.54, 1.807) is 24.3 Å². The summed E-state index contributed by atoms with van der Waals surface area (Å²) in [6.07, 6.45) is 0.698. The second kappa shape index (κ2) is 7.04. The number of hydrogen-bond acceptors (Lipinski definition) is 5. The number of aromatic nitrogens is 2. The smallest absolute Gasteiger partial charge is 0.264 e. The Morgan fingerprint density at radius 1 is 1.08 bits per heavy atom. The summed E-state index contributed by atoms with van der Waals surface area (Å²) in [5.74, 6) is 1.07. The Morgan fingerprint density at radius 2 is 1.71 bits per heavy atom. The molecule has 3 aromatic rings. The average Bonchev–Trinajstić information content (AvgIpc) is 3.09. The lowest BCUT2D eigenvalue weighted by Gasteiger charge is -2.05. The Labute approximate surface area is 138 Å². The van der Waals surface area contributed by atoms with Gasteiger partial charge in [-0.3, -0.25) is 4.79 Å². The molecule has 0 aliphatic heterocycles. The average molecular weight is 326 g/mol. The van der Waals surface area contributed by atoms with Gasteiger partial charge in [-0.1, -0.05) is 12.1 Å². The van der Waals surface area contributed by atoms with Crippen molar-refractivity contribution in [2.75, 3.05) is 0 Å². The summed E-state index contributed by atoms with van der Waals surface area (Å²) >= 11 is 0. The van der Waals surface area contributed by atoms with E-state index in [4.69, 9.17) is 9.26 Å². The van der Waals surface area contributed by atoms with Crippen LogP contribution >= 0.6 is 0 Å². The van der Waals surface area contributed by atoms with Gasteiger partial charge in [-0.25, -0.2) is 4.39 Å². The van der Waals surface area contributed by atoms with Crippen molar-refractivity contribution < 1.29 is 18.4 Å². The minimum atomic E-state index is -0.373. The van der Waals surface area contributed by atoms with Crippen molar-refractivity contribution in [1.29, 1.82) is 0 Å². The zero-order chi connectivity index (χ0) is 16.9. The Morgan fingerprint density at radius 3 is 2.29 bits per heavy atom. The normalized spacial score (nSPS) is 10.6. The molecule has 2 aromatic carbocycles. The van der Waals surface area contributed by atoms with Gasteiger partial charge in [0.1, 0.15) is 11.6 Å². The SMILES string of the molecule is CCc1noc(COc2ccc(C(=O)c3ccc(F)cc3)cc2)n1. The summed E-state index contributed by atoms with van der Waals surface area (Å²) in [7, 11) is 0. The molecular formula is C18H15FN2O3.